The number of hydrogen-bond donors (Lipinski definition) is 6. The van der Waals surface area contributed by atoms with E-state index in [-0.39, 0.29) is 181 Å². The molecule has 0 aromatic carbocycles. The smallest absolute Gasteiger partial charge is 1.00 e. The fraction of sp³-hybridized carbons (Fsp3) is 0.500. The van der Waals surface area contributed by atoms with E-state index in [2.05, 4.69) is 98.3 Å². The minimum Gasteiger partial charge on any atom is -1.00 e. The number of ether oxygens (including phenoxy) is 7. The number of hydrogen-bond acceptors (Lipinski definition) is 28. The van der Waals surface area contributed by atoms with Crippen LogP contribution < -0.4 is 70.0 Å². The van der Waals surface area contributed by atoms with E-state index in [0.717, 1.165) is 167 Å². The summed E-state index contributed by atoms with van der Waals surface area (Å²) < 4.78 is 65.1. The van der Waals surface area contributed by atoms with Crippen LogP contribution in [-0.4, -0.2) is 294 Å². The summed E-state index contributed by atoms with van der Waals surface area (Å²) in [5.41, 5.74) is 18.8. The number of aliphatic hydroxyl groups is 4. The van der Waals surface area contributed by atoms with Crippen molar-refractivity contribution in [1.82, 2.24) is 71.8 Å². The summed E-state index contributed by atoms with van der Waals surface area (Å²) >= 11 is 3.38. The first-order valence-electron chi connectivity index (χ1n) is 48.5. The Hall–Kier alpha value is -9.05. The van der Waals surface area contributed by atoms with Gasteiger partial charge in [-0.25, -0.2) is 19.2 Å². The Balaban J connectivity index is 0.00000175. The molecule has 0 amide bonds. The number of halogens is 1. The van der Waals surface area contributed by atoms with Crippen LogP contribution in [-0.2, 0) is 97.2 Å². The summed E-state index contributed by atoms with van der Waals surface area (Å²) in [6.07, 6.45) is 14.0. The predicted molar refractivity (Wildman–Crippen MR) is 572 cm³/mol. The number of carbonyl (C=O) groups is 7. The molecule has 1 unspecified atom stereocenters. The van der Waals surface area contributed by atoms with Crippen LogP contribution in [0.4, 0.5) is 0 Å². The zero-order valence-electron chi connectivity index (χ0n) is 94.2. The molecule has 149 heavy (non-hydrogen) atoms. The summed E-state index contributed by atoms with van der Waals surface area (Å²) in [6.45, 7) is 61.6. The Morgan fingerprint density at radius 3 is 1.09 bits per heavy atom. The molecular formula is C106H155B2BrN15Na2O22Ti. The molecule has 12 aromatic heterocycles. The SMILES string of the molecule is C1COCCN1.C=C(c1c(C)c(C(=O)OC(C)C)cc2cc(-c3ccnn3C)cn12)N1CCOCC1.CC(=O)O.CC(C)O.CC(C)O.CC(C)O.CC(C)O.CCOC(=O)c1cc2cc(-c3ccnn3C)cn2c(C(C)=O)c1C.CCOC(=O)c1cc2cc(Br)cn2c(C(C)=O)c1C.Cc1c(C(=O)OC(C)C)cc2cc(-c3ccnn3C)cn2c1C(C)N1CCOCC1.Cn1nccc1B1OC(C)(C)C(C)(C)O1.[B].[H-].[Na+].[Na+].[OH-].[Ti]. The first kappa shape index (κ1) is 138. The molecule has 4 fully saturated rings. The molecule has 16 heterocycles. The molecule has 805 valence electrons. The van der Waals surface area contributed by atoms with Gasteiger partial charge in [-0.05, 0) is 270 Å². The number of rotatable bonds is 18. The fourth-order valence-corrected chi connectivity index (χ4v) is 16.0. The minimum absolute atomic E-state index is 0. The third kappa shape index (κ3) is 40.4. The largest absolute Gasteiger partial charge is 1.00 e. The number of nitrogens with one attached hydrogen (secondary N) is 1. The van der Waals surface area contributed by atoms with Crippen molar-refractivity contribution in [3.8, 4) is 33.8 Å². The second-order valence-corrected chi connectivity index (χ2v) is 38.2. The molecule has 4 aliphatic rings. The second-order valence-electron chi connectivity index (χ2n) is 37.3. The van der Waals surface area contributed by atoms with Crippen molar-refractivity contribution in [3.05, 3.63) is 201 Å². The number of aliphatic carboxylic acids is 1. The fourth-order valence-electron chi connectivity index (χ4n) is 15.6. The number of carboxylic acids is 1. The van der Waals surface area contributed by atoms with Gasteiger partial charge < -0.3 is 103 Å². The Morgan fingerprint density at radius 1 is 0.470 bits per heavy atom. The van der Waals surface area contributed by atoms with Gasteiger partial charge in [-0.1, -0.05) is 6.58 Å². The molecular weight excluding hydrogens is 2030 g/mol. The molecule has 4 saturated heterocycles. The molecule has 0 aliphatic carbocycles. The Bertz CT molecular complexity index is 6200. The molecule has 4 aliphatic heterocycles. The third-order valence-corrected chi connectivity index (χ3v) is 23.0. The van der Waals surface area contributed by atoms with Crippen molar-refractivity contribution in [2.45, 2.75) is 234 Å². The molecule has 43 heteroatoms. The standard InChI is InChI=1S/C23H30N4O3.C23H28N4O3.C18H19N3O3.C14H14BrNO3.C10H17BN2O2.C4H9NO.4C3H8O.C2H4O2.B.2Na.H2O.Ti.H/c2*1-15(2)30-23(28)20-13-19-12-18(21-6-7-24-25(21)5)14-27(19)22(16(20)3)17(4)26-8-10-29-11-9-26;1-5-24-18(23)15-9-14-8-13(16-6-7-19-20(16)4)10-21(14)17(11(15)2)12(3)22;1-4-19-14(18)12-6-11-5-10(15)7-16(11)13(8(12)2)9(3)17;1-9(2)10(3,4)15-11(14-9)8-6-7-12-13(8)5;1-3-6-4-2-5-1;4*1-3(2)4;1-2(3)4;;;;;;/h6-7,12-15,17H,8-11H2,1-5H3;6-7,12-15H,4,8-11H2,1-3,5H3;6-10H,5H2,1-4H3;5-7H,4H2,1-3H3;6-7H,1-5H3;5H,1-4H2;4*3-4H,1-2H3;1H3,(H,3,4);;;;1H2;;/q;;;;;;;;;;;;2*+1;;;-1/p-1. The Kier molecular flexibility index (Phi) is 60.6. The number of esters is 4. The van der Waals surface area contributed by atoms with Gasteiger partial charge in [0.05, 0.1) is 144 Å². The van der Waals surface area contributed by atoms with Crippen molar-refractivity contribution in [3.63, 3.8) is 0 Å². The maximum Gasteiger partial charge on any atom is 1.00 e. The number of carboxylic acid groups (broad SMARTS) is 1. The van der Waals surface area contributed by atoms with E-state index in [0.29, 0.717) is 71.2 Å². The average molecular weight is 2190 g/mol. The summed E-state index contributed by atoms with van der Waals surface area (Å²) in [4.78, 5) is 87.5. The van der Waals surface area contributed by atoms with E-state index in [9.17, 15) is 28.8 Å². The molecule has 37 nitrogen and oxygen atoms in total. The Labute approximate surface area is 948 Å². The number of carbonyl (C=O) groups excluding carboxylic acids is 6. The maximum atomic E-state index is 12.9. The molecule has 12 aromatic rings. The van der Waals surface area contributed by atoms with Crippen molar-refractivity contribution in [1.29, 1.82) is 0 Å². The number of aryl methyl sites for hydroxylation is 4. The summed E-state index contributed by atoms with van der Waals surface area (Å²) in [5.74, 6) is -2.42. The number of aromatic nitrogens is 12. The zero-order valence-corrected chi connectivity index (χ0v) is 100. The van der Waals surface area contributed by atoms with E-state index in [1.807, 2.05) is 172 Å². The van der Waals surface area contributed by atoms with Gasteiger partial charge in [-0.2, -0.15) is 20.4 Å². The number of aliphatic hydroxyl groups excluding tert-OH is 4. The van der Waals surface area contributed by atoms with E-state index < -0.39 is 17.9 Å². The zero-order chi connectivity index (χ0) is 108. The maximum absolute atomic E-state index is 12.9. The molecule has 1 atom stereocenters. The number of ketones is 2. The summed E-state index contributed by atoms with van der Waals surface area (Å²) in [7, 11) is 7.29. The van der Waals surface area contributed by atoms with Gasteiger partial charge in [-0.15, -0.1) is 0 Å². The van der Waals surface area contributed by atoms with Crippen molar-refractivity contribution >= 4 is 106 Å². The topological polar surface area (TPSA) is 441 Å². The van der Waals surface area contributed by atoms with Crippen LogP contribution in [0, 0.1) is 27.7 Å². The molecule has 7 N–H and O–H groups in total. The van der Waals surface area contributed by atoms with Gasteiger partial charge in [-0.3, -0.25) is 38.0 Å². The van der Waals surface area contributed by atoms with Gasteiger partial charge >= 0.3 is 90.1 Å². The number of nitrogens with zero attached hydrogens (tertiary/aromatic N) is 14. The molecule has 0 saturated carbocycles. The number of fused-ring (bicyclic) bond motifs is 4. The van der Waals surface area contributed by atoms with E-state index in [4.69, 9.17) is 72.8 Å². The molecule has 0 spiro atoms. The Morgan fingerprint density at radius 2 is 0.772 bits per heavy atom. The number of morpholine rings is 3. The van der Waals surface area contributed by atoms with Gasteiger partial charge in [0, 0.05) is 247 Å². The summed E-state index contributed by atoms with van der Waals surface area (Å²) in [5, 5.41) is 59.7. The van der Waals surface area contributed by atoms with Crippen molar-refractivity contribution < 1.29 is 189 Å². The van der Waals surface area contributed by atoms with Crippen molar-refractivity contribution in [2.24, 2.45) is 28.2 Å². The van der Waals surface area contributed by atoms with E-state index in [1.165, 1.54) is 13.8 Å². The average Bonchev–Trinajstić information content (AvgIpc) is 1.60. The predicted octanol–water partition coefficient (Wildman–Crippen LogP) is 9.07. The van der Waals surface area contributed by atoms with Crippen LogP contribution in [0.3, 0.4) is 0 Å². The molecule has 16 rings (SSSR count). The minimum atomic E-state index is -0.833. The van der Waals surface area contributed by atoms with Crippen molar-refractivity contribution in [2.75, 3.05) is 92.1 Å². The van der Waals surface area contributed by atoms with Crippen LogP contribution >= 0.6 is 15.9 Å². The van der Waals surface area contributed by atoms with Gasteiger partial charge in [0.15, 0.2) is 11.6 Å². The van der Waals surface area contributed by atoms with Crippen LogP contribution in [0.15, 0.2) is 133 Å². The first-order chi connectivity index (χ1) is 67.6. The monoisotopic (exact) mass is 2190 g/mol. The summed E-state index contributed by atoms with van der Waals surface area (Å²) in [6, 6.07) is 23.2. The van der Waals surface area contributed by atoms with Crippen LogP contribution in [0.25, 0.3) is 61.5 Å². The van der Waals surface area contributed by atoms with Gasteiger partial charge in [0.25, 0.3) is 5.97 Å². The first-order valence-corrected chi connectivity index (χ1v) is 49.3. The van der Waals surface area contributed by atoms with E-state index >= 15 is 0 Å². The van der Waals surface area contributed by atoms with Gasteiger partial charge in [0.1, 0.15) is 0 Å². The number of pyridine rings is 4. The second kappa shape index (κ2) is 65.5. The third-order valence-electron chi connectivity index (χ3n) is 22.6. The van der Waals surface area contributed by atoms with Gasteiger partial charge in [0.2, 0.25) is 0 Å². The van der Waals surface area contributed by atoms with Crippen LogP contribution in [0.2, 0.25) is 0 Å². The van der Waals surface area contributed by atoms with E-state index in [1.54, 1.807) is 134 Å². The van der Waals surface area contributed by atoms with Crippen LogP contribution in [0.1, 0.15) is 256 Å². The molecule has 0 bridgehead atoms. The van der Waals surface area contributed by atoms with Crippen LogP contribution in [0.5, 0.6) is 0 Å². The number of Topliss-reactive ketones (excluding diaryl/α,β-unsaturated/α-hetero) is 2. The quantitative estimate of drug-likeness (QED) is 0.0202. The molecule has 3 radical (unpaired) electrons. The normalized spacial score (nSPS) is 13.8.